The van der Waals surface area contributed by atoms with Gasteiger partial charge in [0.05, 0.1) is 7.11 Å². The molecule has 7 nitrogen and oxygen atoms in total. The van der Waals surface area contributed by atoms with Crippen molar-refractivity contribution >= 4 is 17.5 Å². The number of aryl methyl sites for hydroxylation is 1. The molecule has 3 rings (SSSR count). The second-order valence-corrected chi connectivity index (χ2v) is 7.15. The molecule has 31 heavy (non-hydrogen) atoms. The predicted molar refractivity (Wildman–Crippen MR) is 120 cm³/mol. The van der Waals surface area contributed by atoms with Gasteiger partial charge in [-0.25, -0.2) is 0 Å². The third kappa shape index (κ3) is 6.30. The van der Waals surface area contributed by atoms with Crippen LogP contribution in [0.15, 0.2) is 71.7 Å². The average molecular weight is 419 g/mol. The number of amides is 2. The number of rotatable bonds is 8. The SMILES string of the molecule is COc1ccc(CCNC(=O)c2ccc(NC(=O)Cn3cc(C)ccc3=O)cc2)cc1. The molecule has 0 bridgehead atoms. The monoisotopic (exact) mass is 419 g/mol. The van der Waals surface area contributed by atoms with E-state index in [1.54, 1.807) is 43.6 Å². The minimum Gasteiger partial charge on any atom is -0.497 e. The molecule has 1 heterocycles. The van der Waals surface area contributed by atoms with E-state index in [-0.39, 0.29) is 23.9 Å². The number of methoxy groups -OCH3 is 1. The zero-order chi connectivity index (χ0) is 22.2. The van der Waals surface area contributed by atoms with Crippen molar-refractivity contribution in [3.8, 4) is 5.75 Å². The standard InChI is InChI=1S/C24H25N3O4/c1-17-3-12-23(29)27(15-17)16-22(28)26-20-8-6-19(7-9-20)24(30)25-14-13-18-4-10-21(31-2)11-5-18/h3-12,15H,13-14,16H2,1-2H3,(H,25,30)(H,26,28). The first kappa shape index (κ1) is 21.8. The van der Waals surface area contributed by atoms with Crippen molar-refractivity contribution in [1.82, 2.24) is 9.88 Å². The van der Waals surface area contributed by atoms with E-state index in [0.717, 1.165) is 16.9 Å². The van der Waals surface area contributed by atoms with Crippen molar-refractivity contribution in [2.45, 2.75) is 19.9 Å². The van der Waals surface area contributed by atoms with Crippen LogP contribution in [-0.4, -0.2) is 30.0 Å². The number of pyridine rings is 1. The molecule has 0 atom stereocenters. The van der Waals surface area contributed by atoms with Gasteiger partial charge >= 0.3 is 0 Å². The Hall–Kier alpha value is -3.87. The third-order valence-corrected chi connectivity index (χ3v) is 4.73. The van der Waals surface area contributed by atoms with Crippen LogP contribution in [0.3, 0.4) is 0 Å². The Morgan fingerprint density at radius 3 is 2.35 bits per heavy atom. The first-order valence-electron chi connectivity index (χ1n) is 9.93. The summed E-state index contributed by atoms with van der Waals surface area (Å²) < 4.78 is 6.49. The summed E-state index contributed by atoms with van der Waals surface area (Å²) in [6.45, 7) is 2.29. The van der Waals surface area contributed by atoms with Gasteiger partial charge in [-0.3, -0.25) is 14.4 Å². The van der Waals surface area contributed by atoms with Gasteiger partial charge in [0.15, 0.2) is 0 Å². The molecule has 0 unspecified atom stereocenters. The minimum absolute atomic E-state index is 0.0753. The van der Waals surface area contributed by atoms with Gasteiger partial charge in [0.1, 0.15) is 12.3 Å². The predicted octanol–water partition coefficient (Wildman–Crippen LogP) is 2.78. The quantitative estimate of drug-likeness (QED) is 0.588. The van der Waals surface area contributed by atoms with Gasteiger partial charge in [-0.05, 0) is 60.9 Å². The molecular formula is C24H25N3O4. The first-order valence-corrected chi connectivity index (χ1v) is 9.93. The summed E-state index contributed by atoms with van der Waals surface area (Å²) in [6.07, 6.45) is 2.35. The highest BCUT2D eigenvalue weighted by Gasteiger charge is 2.08. The summed E-state index contributed by atoms with van der Waals surface area (Å²) in [6, 6.07) is 17.5. The van der Waals surface area contributed by atoms with E-state index in [4.69, 9.17) is 4.74 Å². The Kier molecular flexibility index (Phi) is 7.22. The largest absolute Gasteiger partial charge is 0.497 e. The minimum atomic E-state index is -0.315. The molecule has 0 saturated carbocycles. The summed E-state index contributed by atoms with van der Waals surface area (Å²) in [5.41, 5.74) is 2.83. The lowest BCUT2D eigenvalue weighted by molar-refractivity contribution is -0.116. The Labute approximate surface area is 180 Å². The van der Waals surface area contributed by atoms with E-state index in [9.17, 15) is 14.4 Å². The Morgan fingerprint density at radius 1 is 0.968 bits per heavy atom. The fraction of sp³-hybridized carbons (Fsp3) is 0.208. The van der Waals surface area contributed by atoms with Crippen molar-refractivity contribution in [2.24, 2.45) is 0 Å². The smallest absolute Gasteiger partial charge is 0.251 e. The van der Waals surface area contributed by atoms with Crippen LogP contribution >= 0.6 is 0 Å². The van der Waals surface area contributed by atoms with Crippen LogP contribution in [0.1, 0.15) is 21.5 Å². The van der Waals surface area contributed by atoms with Crippen LogP contribution in [0, 0.1) is 6.92 Å². The molecule has 2 amide bonds. The second kappa shape index (κ2) is 10.2. The van der Waals surface area contributed by atoms with Crippen LogP contribution in [0.25, 0.3) is 0 Å². The highest BCUT2D eigenvalue weighted by Crippen LogP contribution is 2.12. The second-order valence-electron chi connectivity index (χ2n) is 7.15. The fourth-order valence-corrected chi connectivity index (χ4v) is 3.05. The van der Waals surface area contributed by atoms with Gasteiger partial charge in [0.25, 0.3) is 11.5 Å². The van der Waals surface area contributed by atoms with Gasteiger partial charge in [0.2, 0.25) is 5.91 Å². The Morgan fingerprint density at radius 2 is 1.68 bits per heavy atom. The van der Waals surface area contributed by atoms with Gasteiger partial charge < -0.3 is 19.9 Å². The lowest BCUT2D eigenvalue weighted by atomic mass is 10.1. The van der Waals surface area contributed by atoms with E-state index in [0.29, 0.717) is 24.2 Å². The molecule has 1 aromatic heterocycles. The zero-order valence-corrected chi connectivity index (χ0v) is 17.6. The number of carbonyl (C=O) groups excluding carboxylic acids is 2. The van der Waals surface area contributed by atoms with Crippen molar-refractivity contribution < 1.29 is 14.3 Å². The number of hydrogen-bond acceptors (Lipinski definition) is 4. The molecule has 3 aromatic rings. The molecule has 0 aliphatic heterocycles. The van der Waals surface area contributed by atoms with Gasteiger partial charge in [-0.15, -0.1) is 0 Å². The van der Waals surface area contributed by atoms with Crippen LogP contribution in [0.4, 0.5) is 5.69 Å². The van der Waals surface area contributed by atoms with E-state index < -0.39 is 0 Å². The maximum atomic E-state index is 12.3. The number of aromatic nitrogens is 1. The number of hydrogen-bond donors (Lipinski definition) is 2. The highest BCUT2D eigenvalue weighted by atomic mass is 16.5. The van der Waals surface area contributed by atoms with Crippen LogP contribution in [-0.2, 0) is 17.8 Å². The van der Waals surface area contributed by atoms with Gasteiger partial charge in [-0.1, -0.05) is 18.2 Å². The van der Waals surface area contributed by atoms with Gasteiger partial charge in [0, 0.05) is 30.1 Å². The molecule has 0 radical (unpaired) electrons. The summed E-state index contributed by atoms with van der Waals surface area (Å²) in [5.74, 6) is 0.299. The Bertz CT molecular complexity index is 1100. The summed E-state index contributed by atoms with van der Waals surface area (Å²) in [7, 11) is 1.62. The van der Waals surface area contributed by atoms with Crippen molar-refractivity contribution in [2.75, 3.05) is 19.0 Å². The van der Waals surface area contributed by atoms with Crippen LogP contribution in [0.5, 0.6) is 5.75 Å². The van der Waals surface area contributed by atoms with Crippen LogP contribution < -0.4 is 20.9 Å². The maximum absolute atomic E-state index is 12.3. The molecule has 2 aromatic carbocycles. The molecule has 0 aliphatic carbocycles. The van der Waals surface area contributed by atoms with E-state index >= 15 is 0 Å². The number of anilines is 1. The van der Waals surface area contributed by atoms with Crippen LogP contribution in [0.2, 0.25) is 0 Å². The third-order valence-electron chi connectivity index (χ3n) is 4.73. The zero-order valence-electron chi connectivity index (χ0n) is 17.6. The summed E-state index contributed by atoms with van der Waals surface area (Å²) in [4.78, 5) is 36.4. The average Bonchev–Trinajstić information content (AvgIpc) is 2.77. The number of benzene rings is 2. The number of nitrogens with zero attached hydrogens (tertiary/aromatic N) is 1. The van der Waals surface area contributed by atoms with Gasteiger partial charge in [-0.2, -0.15) is 0 Å². The number of ether oxygens (including phenoxy) is 1. The molecule has 0 spiro atoms. The Balaban J connectivity index is 1.49. The fourth-order valence-electron chi connectivity index (χ4n) is 3.05. The molecule has 7 heteroatoms. The molecule has 160 valence electrons. The van der Waals surface area contributed by atoms with E-state index in [1.165, 1.54) is 10.6 Å². The maximum Gasteiger partial charge on any atom is 0.251 e. The summed E-state index contributed by atoms with van der Waals surface area (Å²) >= 11 is 0. The molecule has 0 fully saturated rings. The lowest BCUT2D eigenvalue weighted by Gasteiger charge is -2.09. The van der Waals surface area contributed by atoms with Crippen molar-refractivity contribution in [3.05, 3.63) is 93.9 Å². The molecule has 0 aliphatic rings. The van der Waals surface area contributed by atoms with E-state index in [2.05, 4.69) is 10.6 Å². The molecular weight excluding hydrogens is 394 g/mol. The molecule has 2 N–H and O–H groups in total. The number of nitrogens with one attached hydrogen (secondary N) is 2. The first-order chi connectivity index (χ1) is 14.9. The summed E-state index contributed by atoms with van der Waals surface area (Å²) in [5, 5.41) is 5.62. The van der Waals surface area contributed by atoms with Crippen molar-refractivity contribution in [3.63, 3.8) is 0 Å². The highest BCUT2D eigenvalue weighted by molar-refractivity contribution is 5.95. The lowest BCUT2D eigenvalue weighted by Crippen LogP contribution is -2.27. The molecule has 0 saturated heterocycles. The van der Waals surface area contributed by atoms with E-state index in [1.807, 2.05) is 31.2 Å². The van der Waals surface area contributed by atoms with Crippen molar-refractivity contribution in [1.29, 1.82) is 0 Å². The number of carbonyl (C=O) groups is 2. The normalized spacial score (nSPS) is 10.4. The topological polar surface area (TPSA) is 89.4 Å².